The molecule has 1 rings (SSSR count). The first-order valence-electron chi connectivity index (χ1n) is 3.57. The summed E-state index contributed by atoms with van der Waals surface area (Å²) in [5.74, 6) is -0.856. The third-order valence-corrected chi connectivity index (χ3v) is 1.81. The second kappa shape index (κ2) is 1.91. The van der Waals surface area contributed by atoms with Crippen molar-refractivity contribution in [2.75, 3.05) is 0 Å². The molecule has 0 amide bonds. The number of ketones is 2. The van der Waals surface area contributed by atoms with Gasteiger partial charge in [-0.25, -0.2) is 0 Å². The number of hydrogen-bond donors (Lipinski definition) is 0. The van der Waals surface area contributed by atoms with Crippen LogP contribution in [0.15, 0.2) is 0 Å². The summed E-state index contributed by atoms with van der Waals surface area (Å²) in [7, 11) is 0. The molecule has 0 aromatic rings. The van der Waals surface area contributed by atoms with Gasteiger partial charge in [0.15, 0.2) is 0 Å². The Morgan fingerprint density at radius 2 is 1.18 bits per heavy atom. The first kappa shape index (κ1) is 8.40. The predicted octanol–water partition coefficient (Wildman–Crippen LogP) is 0.712. The van der Waals surface area contributed by atoms with Crippen LogP contribution in [-0.4, -0.2) is 22.8 Å². The highest BCUT2D eigenvalue weighted by molar-refractivity contribution is 6.44. The lowest BCUT2D eigenvalue weighted by Gasteiger charge is -2.19. The highest BCUT2D eigenvalue weighted by atomic mass is 16.5. The largest absolute Gasteiger partial charge is 0.353 e. The molecule has 11 heavy (non-hydrogen) atoms. The predicted molar refractivity (Wildman–Crippen MR) is 39.3 cm³/mol. The fraction of sp³-hybridized carbons (Fsp3) is 0.750. The zero-order chi connectivity index (χ0) is 8.86. The SMILES string of the molecule is CC1(C)OC(C)(C)C(=O)C1=O. The van der Waals surface area contributed by atoms with Crippen molar-refractivity contribution >= 4 is 11.6 Å². The highest BCUT2D eigenvalue weighted by Gasteiger charge is 2.52. The Morgan fingerprint density at radius 1 is 0.909 bits per heavy atom. The van der Waals surface area contributed by atoms with Crippen LogP contribution < -0.4 is 0 Å². The molecule has 1 saturated heterocycles. The number of ether oxygens (including phenoxy) is 1. The van der Waals surface area contributed by atoms with Gasteiger partial charge >= 0.3 is 0 Å². The molecule has 0 spiro atoms. The van der Waals surface area contributed by atoms with Gasteiger partial charge in [-0.2, -0.15) is 0 Å². The van der Waals surface area contributed by atoms with Crippen LogP contribution >= 0.6 is 0 Å². The maximum Gasteiger partial charge on any atom is 0.232 e. The van der Waals surface area contributed by atoms with E-state index in [0.717, 1.165) is 0 Å². The maximum atomic E-state index is 11.2. The second-order valence-corrected chi connectivity index (χ2v) is 3.78. The van der Waals surface area contributed by atoms with E-state index in [4.69, 9.17) is 4.74 Å². The van der Waals surface area contributed by atoms with Crippen LogP contribution in [0.4, 0.5) is 0 Å². The molecule has 0 aromatic heterocycles. The molecule has 0 atom stereocenters. The van der Waals surface area contributed by atoms with Crippen molar-refractivity contribution in [2.45, 2.75) is 38.9 Å². The molecule has 0 bridgehead atoms. The van der Waals surface area contributed by atoms with Crippen LogP contribution in [0, 0.1) is 0 Å². The number of carbonyl (C=O) groups excluding carboxylic acids is 2. The van der Waals surface area contributed by atoms with Gasteiger partial charge in [0, 0.05) is 0 Å². The van der Waals surface area contributed by atoms with Gasteiger partial charge < -0.3 is 4.74 Å². The van der Waals surface area contributed by atoms with E-state index in [1.807, 2.05) is 0 Å². The minimum Gasteiger partial charge on any atom is -0.353 e. The second-order valence-electron chi connectivity index (χ2n) is 3.78. The standard InChI is InChI=1S/C8H12O3/c1-7(2)5(9)6(10)8(3,4)11-7/h1-4H3. The van der Waals surface area contributed by atoms with Gasteiger partial charge in [0.1, 0.15) is 11.2 Å². The highest BCUT2D eigenvalue weighted by Crippen LogP contribution is 2.30. The first-order chi connectivity index (χ1) is 4.77. The number of Topliss-reactive ketones (excluding diaryl/α,β-unsaturated/α-hetero) is 2. The molecule has 1 heterocycles. The van der Waals surface area contributed by atoms with E-state index in [-0.39, 0.29) is 0 Å². The zero-order valence-corrected chi connectivity index (χ0v) is 7.22. The molecular formula is C8H12O3. The van der Waals surface area contributed by atoms with Gasteiger partial charge in [0.2, 0.25) is 11.6 Å². The third-order valence-electron chi connectivity index (χ3n) is 1.81. The quantitative estimate of drug-likeness (QED) is 0.485. The summed E-state index contributed by atoms with van der Waals surface area (Å²) in [4.78, 5) is 22.3. The summed E-state index contributed by atoms with van der Waals surface area (Å²) in [6, 6.07) is 0. The van der Waals surface area contributed by atoms with E-state index in [1.54, 1.807) is 27.7 Å². The third kappa shape index (κ3) is 1.09. The summed E-state index contributed by atoms with van der Waals surface area (Å²) in [5, 5.41) is 0. The van der Waals surface area contributed by atoms with E-state index >= 15 is 0 Å². The minimum atomic E-state index is -0.930. The van der Waals surface area contributed by atoms with Crippen LogP contribution in [0.25, 0.3) is 0 Å². The molecule has 0 aromatic carbocycles. The Kier molecular flexibility index (Phi) is 1.46. The van der Waals surface area contributed by atoms with Gasteiger partial charge in [-0.3, -0.25) is 9.59 Å². The molecule has 0 aliphatic carbocycles. The smallest absolute Gasteiger partial charge is 0.232 e. The average molecular weight is 156 g/mol. The summed E-state index contributed by atoms with van der Waals surface area (Å²) < 4.78 is 5.26. The van der Waals surface area contributed by atoms with Crippen LogP contribution in [0.3, 0.4) is 0 Å². The molecule has 0 N–H and O–H groups in total. The number of rotatable bonds is 0. The van der Waals surface area contributed by atoms with Crippen molar-refractivity contribution in [1.82, 2.24) is 0 Å². The lowest BCUT2D eigenvalue weighted by Crippen LogP contribution is -2.30. The van der Waals surface area contributed by atoms with E-state index in [1.165, 1.54) is 0 Å². The fourth-order valence-corrected chi connectivity index (χ4v) is 1.28. The van der Waals surface area contributed by atoms with Gasteiger partial charge in [0.05, 0.1) is 0 Å². The van der Waals surface area contributed by atoms with Crippen molar-refractivity contribution in [2.24, 2.45) is 0 Å². The van der Waals surface area contributed by atoms with Gasteiger partial charge in [-0.1, -0.05) is 0 Å². The van der Waals surface area contributed by atoms with Crippen LogP contribution in [0.2, 0.25) is 0 Å². The Balaban J connectivity index is 3.06. The van der Waals surface area contributed by atoms with E-state index in [0.29, 0.717) is 0 Å². The average Bonchev–Trinajstić information content (AvgIpc) is 1.91. The molecule has 3 nitrogen and oxygen atoms in total. The fourth-order valence-electron chi connectivity index (χ4n) is 1.28. The molecule has 3 heteroatoms. The molecule has 62 valence electrons. The van der Waals surface area contributed by atoms with Crippen molar-refractivity contribution in [3.05, 3.63) is 0 Å². The zero-order valence-electron chi connectivity index (χ0n) is 7.22. The monoisotopic (exact) mass is 156 g/mol. The van der Waals surface area contributed by atoms with Crippen molar-refractivity contribution in [3.63, 3.8) is 0 Å². The lowest BCUT2D eigenvalue weighted by molar-refractivity contribution is -0.137. The van der Waals surface area contributed by atoms with E-state index in [9.17, 15) is 9.59 Å². The van der Waals surface area contributed by atoms with Crippen molar-refractivity contribution in [3.8, 4) is 0 Å². The Labute approximate surface area is 65.7 Å². The van der Waals surface area contributed by atoms with Crippen molar-refractivity contribution in [1.29, 1.82) is 0 Å². The van der Waals surface area contributed by atoms with Crippen LogP contribution in [0.1, 0.15) is 27.7 Å². The first-order valence-corrected chi connectivity index (χ1v) is 3.57. The molecule has 1 fully saturated rings. The Bertz CT molecular complexity index is 201. The molecule has 1 aliphatic heterocycles. The lowest BCUT2D eigenvalue weighted by atomic mass is 9.98. The molecule has 0 radical (unpaired) electrons. The Morgan fingerprint density at radius 3 is 1.27 bits per heavy atom. The molecule has 0 saturated carbocycles. The summed E-state index contributed by atoms with van der Waals surface area (Å²) in [6.07, 6.45) is 0. The number of carbonyl (C=O) groups is 2. The van der Waals surface area contributed by atoms with Gasteiger partial charge in [-0.05, 0) is 27.7 Å². The minimum absolute atomic E-state index is 0.428. The molecule has 1 aliphatic rings. The maximum absolute atomic E-state index is 11.2. The van der Waals surface area contributed by atoms with E-state index in [2.05, 4.69) is 0 Å². The summed E-state index contributed by atoms with van der Waals surface area (Å²) in [6.45, 7) is 6.45. The number of hydrogen-bond acceptors (Lipinski definition) is 3. The van der Waals surface area contributed by atoms with Crippen molar-refractivity contribution < 1.29 is 14.3 Å². The Hall–Kier alpha value is -0.700. The normalized spacial score (nSPS) is 27.6. The van der Waals surface area contributed by atoms with Gasteiger partial charge in [-0.15, -0.1) is 0 Å². The topological polar surface area (TPSA) is 43.4 Å². The summed E-state index contributed by atoms with van der Waals surface area (Å²) >= 11 is 0. The summed E-state index contributed by atoms with van der Waals surface area (Å²) in [5.41, 5.74) is -1.86. The molecular weight excluding hydrogens is 144 g/mol. The van der Waals surface area contributed by atoms with Gasteiger partial charge in [0.25, 0.3) is 0 Å². The van der Waals surface area contributed by atoms with E-state index < -0.39 is 22.8 Å². The van der Waals surface area contributed by atoms with Crippen LogP contribution in [0.5, 0.6) is 0 Å². The van der Waals surface area contributed by atoms with Crippen LogP contribution in [-0.2, 0) is 14.3 Å². The molecule has 0 unspecified atom stereocenters.